The Labute approximate surface area is 247 Å². The number of H-pyrrole nitrogens is 1. The number of halogens is 3. The summed E-state index contributed by atoms with van der Waals surface area (Å²) in [5.74, 6) is -0.878. The molecule has 1 aromatic heterocycles. The first kappa shape index (κ1) is 32.7. The van der Waals surface area contributed by atoms with E-state index in [-0.39, 0.29) is 5.75 Å². The predicted molar refractivity (Wildman–Crippen MR) is 149 cm³/mol. The molecule has 2 heterocycles. The van der Waals surface area contributed by atoms with Gasteiger partial charge in [-0.25, -0.2) is 18.1 Å². The Morgan fingerprint density at radius 1 is 1.19 bits per heavy atom. The second-order valence-electron chi connectivity index (χ2n) is 10.1. The number of aromatic nitrogens is 2. The number of nitrogens with one attached hydrogen (secondary N) is 2. The van der Waals surface area contributed by atoms with Crippen LogP contribution in [0.1, 0.15) is 27.0 Å². The molecule has 43 heavy (non-hydrogen) atoms. The SMILES string of the molecule is CC(C)OC(=O)[C@H](C)N[P@](=O)(OC[C@@]1(C(F)F)O[C@@H](n2cc(Cl)c(=O)[nH]c2=O)[C@H](O)[C@@H]1O)Oc1ccc2ccccc2c1. The van der Waals surface area contributed by atoms with E-state index in [1.54, 1.807) is 38.1 Å². The number of carbonyl (C=O) groups excluding carboxylic acids is 1. The molecule has 0 amide bonds. The summed E-state index contributed by atoms with van der Waals surface area (Å²) in [7, 11) is -4.76. The van der Waals surface area contributed by atoms with Gasteiger partial charge >= 0.3 is 19.4 Å². The van der Waals surface area contributed by atoms with Crippen molar-refractivity contribution >= 4 is 36.1 Å². The molecular weight excluding hydrogens is 619 g/mol. The fraction of sp³-hybridized carbons (Fsp3) is 0.423. The van der Waals surface area contributed by atoms with Crippen LogP contribution in [0.4, 0.5) is 8.78 Å². The second-order valence-corrected chi connectivity index (χ2v) is 12.2. The molecular formula is C26H29ClF2N3O10P. The van der Waals surface area contributed by atoms with E-state index >= 15 is 0 Å². The molecule has 4 rings (SSSR count). The number of hydrogen-bond acceptors (Lipinski definition) is 10. The normalized spacial score (nSPS) is 24.3. The number of fused-ring (bicyclic) bond motifs is 1. The maximum absolute atomic E-state index is 14.6. The number of nitrogens with zero attached hydrogens (tertiary/aromatic N) is 1. The highest BCUT2D eigenvalue weighted by molar-refractivity contribution is 7.52. The molecule has 1 aliphatic rings. The summed E-state index contributed by atoms with van der Waals surface area (Å²) in [5.41, 5.74) is -5.23. The van der Waals surface area contributed by atoms with Gasteiger partial charge in [-0.3, -0.25) is 23.7 Å². The van der Waals surface area contributed by atoms with Gasteiger partial charge in [0.05, 0.1) is 12.7 Å². The Morgan fingerprint density at radius 3 is 2.51 bits per heavy atom. The summed E-state index contributed by atoms with van der Waals surface area (Å²) < 4.78 is 65.1. The van der Waals surface area contributed by atoms with Crippen molar-refractivity contribution in [3.63, 3.8) is 0 Å². The van der Waals surface area contributed by atoms with Gasteiger partial charge in [-0.2, -0.15) is 5.09 Å². The van der Waals surface area contributed by atoms with Crippen molar-refractivity contribution in [3.05, 3.63) is 74.5 Å². The summed E-state index contributed by atoms with van der Waals surface area (Å²) >= 11 is 5.75. The first-order valence-electron chi connectivity index (χ1n) is 12.9. The number of aromatic amines is 1. The third kappa shape index (κ3) is 6.99. The van der Waals surface area contributed by atoms with Gasteiger partial charge in [-0.1, -0.05) is 41.9 Å². The van der Waals surface area contributed by atoms with Crippen LogP contribution in [0.2, 0.25) is 5.02 Å². The van der Waals surface area contributed by atoms with Gasteiger partial charge in [0.1, 0.15) is 29.0 Å². The van der Waals surface area contributed by atoms with Crippen LogP contribution < -0.4 is 20.9 Å². The number of ether oxygens (including phenoxy) is 2. The summed E-state index contributed by atoms with van der Waals surface area (Å²) in [6, 6.07) is 10.4. The molecule has 0 spiro atoms. The minimum Gasteiger partial charge on any atom is -0.462 e. The number of alkyl halides is 2. The van der Waals surface area contributed by atoms with Crippen molar-refractivity contribution < 1.29 is 46.9 Å². The van der Waals surface area contributed by atoms with Crippen molar-refractivity contribution in [1.82, 2.24) is 14.6 Å². The Balaban J connectivity index is 1.66. The summed E-state index contributed by atoms with van der Waals surface area (Å²) in [5, 5.41) is 24.6. The Morgan fingerprint density at radius 2 is 1.86 bits per heavy atom. The molecule has 1 fully saturated rings. The van der Waals surface area contributed by atoms with Crippen LogP contribution in [0, 0.1) is 0 Å². The lowest BCUT2D eigenvalue weighted by Crippen LogP contribution is -2.53. The van der Waals surface area contributed by atoms with Gasteiger partial charge in [0.25, 0.3) is 12.0 Å². The van der Waals surface area contributed by atoms with Gasteiger partial charge in [0.15, 0.2) is 11.8 Å². The van der Waals surface area contributed by atoms with E-state index in [9.17, 15) is 37.9 Å². The predicted octanol–water partition coefficient (Wildman–Crippen LogP) is 2.73. The van der Waals surface area contributed by atoms with Crippen LogP contribution in [0.15, 0.2) is 58.3 Å². The van der Waals surface area contributed by atoms with Crippen LogP contribution in [-0.2, 0) is 23.4 Å². The molecule has 17 heteroatoms. The highest BCUT2D eigenvalue weighted by atomic mass is 35.5. The van der Waals surface area contributed by atoms with E-state index in [4.69, 9.17) is 30.1 Å². The van der Waals surface area contributed by atoms with Crippen molar-refractivity contribution in [3.8, 4) is 5.75 Å². The number of benzene rings is 2. The first-order valence-corrected chi connectivity index (χ1v) is 14.8. The lowest BCUT2D eigenvalue weighted by atomic mass is 9.96. The van der Waals surface area contributed by atoms with E-state index in [1.165, 1.54) is 19.1 Å². The van der Waals surface area contributed by atoms with Crippen LogP contribution >= 0.6 is 19.3 Å². The Kier molecular flexibility index (Phi) is 9.76. The van der Waals surface area contributed by atoms with Gasteiger partial charge in [-0.15, -0.1) is 0 Å². The first-order chi connectivity index (χ1) is 20.2. The van der Waals surface area contributed by atoms with Gasteiger partial charge < -0.3 is 24.2 Å². The third-order valence-electron chi connectivity index (χ3n) is 6.49. The largest absolute Gasteiger partial charge is 0.462 e. The number of esters is 1. The maximum Gasteiger partial charge on any atom is 0.459 e. The van der Waals surface area contributed by atoms with E-state index in [1.807, 2.05) is 11.1 Å². The average molecular weight is 648 g/mol. The van der Waals surface area contributed by atoms with E-state index in [0.29, 0.717) is 9.95 Å². The molecule has 3 aromatic rings. The monoisotopic (exact) mass is 647 g/mol. The van der Waals surface area contributed by atoms with Crippen molar-refractivity contribution in [1.29, 1.82) is 0 Å². The highest BCUT2D eigenvalue weighted by Crippen LogP contribution is 2.49. The molecule has 0 bridgehead atoms. The zero-order valence-corrected chi connectivity index (χ0v) is 24.6. The van der Waals surface area contributed by atoms with Gasteiger partial charge in [-0.05, 0) is 43.7 Å². The topological polar surface area (TPSA) is 178 Å². The third-order valence-corrected chi connectivity index (χ3v) is 8.38. The number of rotatable bonds is 11. The highest BCUT2D eigenvalue weighted by Gasteiger charge is 2.61. The fourth-order valence-corrected chi connectivity index (χ4v) is 5.98. The van der Waals surface area contributed by atoms with Crippen molar-refractivity contribution in [2.45, 2.75) is 63.4 Å². The van der Waals surface area contributed by atoms with Crippen molar-refractivity contribution in [2.75, 3.05) is 6.61 Å². The van der Waals surface area contributed by atoms with E-state index < -0.39 is 79.2 Å². The summed E-state index contributed by atoms with van der Waals surface area (Å²) in [6.45, 7) is 3.08. The summed E-state index contributed by atoms with van der Waals surface area (Å²) in [4.78, 5) is 38.3. The second kappa shape index (κ2) is 12.8. The lowest BCUT2D eigenvalue weighted by Gasteiger charge is -2.32. The molecule has 2 aromatic carbocycles. The van der Waals surface area contributed by atoms with E-state index in [0.717, 1.165) is 11.6 Å². The fourth-order valence-electron chi connectivity index (χ4n) is 4.31. The number of aliphatic hydroxyl groups is 2. The zero-order valence-electron chi connectivity index (χ0n) is 23.0. The Bertz CT molecular complexity index is 1650. The minimum absolute atomic E-state index is 0.0229. The molecule has 0 radical (unpaired) electrons. The summed E-state index contributed by atoms with van der Waals surface area (Å²) in [6.07, 6.45) is -9.93. The standard InChI is InChI=1S/C26H29ClF2N3O10P/c1-13(2)40-23(36)14(3)31-43(38,42-17-9-8-15-6-4-5-7-16(15)10-17)39-12-26(24(28)29)20(34)19(33)22(41-26)32-11-18(27)21(35)30-25(32)37/h4-11,13-14,19-20,22,24,33-34H,12H2,1-3H3,(H,31,38)(H,30,35,37)/t14-,19+,20-,22+,26+,43-/m0/s1. The van der Waals surface area contributed by atoms with Crippen LogP contribution in [0.3, 0.4) is 0 Å². The quantitative estimate of drug-likeness (QED) is 0.178. The molecule has 0 unspecified atom stereocenters. The number of hydrogen-bond donors (Lipinski definition) is 4. The van der Waals surface area contributed by atoms with E-state index in [2.05, 4.69) is 5.09 Å². The molecule has 13 nitrogen and oxygen atoms in total. The van der Waals surface area contributed by atoms with Crippen LogP contribution in [-0.4, -0.2) is 68.7 Å². The molecule has 1 saturated heterocycles. The maximum atomic E-state index is 14.6. The molecule has 0 saturated carbocycles. The van der Waals surface area contributed by atoms with Gasteiger partial charge in [0.2, 0.25) is 0 Å². The molecule has 6 atom stereocenters. The minimum atomic E-state index is -4.76. The van der Waals surface area contributed by atoms with Crippen LogP contribution in [0.25, 0.3) is 10.8 Å². The smallest absolute Gasteiger partial charge is 0.459 e. The number of aliphatic hydroxyl groups excluding tert-OH is 2. The van der Waals surface area contributed by atoms with Gasteiger partial charge in [0, 0.05) is 6.20 Å². The zero-order chi connectivity index (χ0) is 31.7. The molecule has 1 aliphatic heterocycles. The Hall–Kier alpha value is -3.17. The van der Waals surface area contributed by atoms with Crippen molar-refractivity contribution in [2.24, 2.45) is 0 Å². The number of carbonyl (C=O) groups is 1. The molecule has 234 valence electrons. The molecule has 4 N–H and O–H groups in total. The van der Waals surface area contributed by atoms with Crippen LogP contribution in [0.5, 0.6) is 5.75 Å². The molecule has 0 aliphatic carbocycles. The lowest BCUT2D eigenvalue weighted by molar-refractivity contribution is -0.192. The average Bonchev–Trinajstić information content (AvgIpc) is 3.19.